The van der Waals surface area contributed by atoms with E-state index in [4.69, 9.17) is 9.47 Å². The van der Waals surface area contributed by atoms with Crippen LogP contribution in [-0.2, 0) is 9.84 Å². The SMILES string of the molecule is CCNC(CCS(C)(=O)=O)c1ccc(OC)cc1OC. The summed E-state index contributed by atoms with van der Waals surface area (Å²) in [7, 11) is 0.209. The Morgan fingerprint density at radius 3 is 2.45 bits per heavy atom. The summed E-state index contributed by atoms with van der Waals surface area (Å²) in [5, 5.41) is 3.30. The predicted octanol–water partition coefficient (Wildman–Crippen LogP) is 1.79. The zero-order chi connectivity index (χ0) is 15.2. The highest BCUT2D eigenvalue weighted by Crippen LogP contribution is 2.31. The molecule has 0 saturated carbocycles. The Kier molecular flexibility index (Phi) is 6.29. The van der Waals surface area contributed by atoms with Gasteiger partial charge in [-0.1, -0.05) is 13.0 Å². The molecule has 0 heterocycles. The minimum absolute atomic E-state index is 0.0596. The molecule has 0 aromatic heterocycles. The number of rotatable bonds is 8. The second-order valence-electron chi connectivity index (χ2n) is 4.64. The molecule has 1 N–H and O–H groups in total. The normalized spacial score (nSPS) is 13.0. The Bertz CT molecular complexity index is 528. The van der Waals surface area contributed by atoms with Gasteiger partial charge in [0, 0.05) is 23.9 Å². The van der Waals surface area contributed by atoms with Gasteiger partial charge in [-0.05, 0) is 19.0 Å². The van der Waals surface area contributed by atoms with E-state index >= 15 is 0 Å². The first kappa shape index (κ1) is 16.8. The van der Waals surface area contributed by atoms with Crippen molar-refractivity contribution in [2.75, 3.05) is 32.8 Å². The number of benzene rings is 1. The van der Waals surface area contributed by atoms with Crippen molar-refractivity contribution in [3.63, 3.8) is 0 Å². The van der Waals surface area contributed by atoms with Crippen LogP contribution in [0.15, 0.2) is 18.2 Å². The van der Waals surface area contributed by atoms with Gasteiger partial charge < -0.3 is 14.8 Å². The molecule has 0 spiro atoms. The lowest BCUT2D eigenvalue weighted by molar-refractivity contribution is 0.383. The fourth-order valence-corrected chi connectivity index (χ4v) is 2.72. The van der Waals surface area contributed by atoms with Crippen LogP contribution in [0.4, 0.5) is 0 Å². The fourth-order valence-electron chi connectivity index (χ4n) is 2.05. The molecule has 0 aliphatic rings. The van der Waals surface area contributed by atoms with E-state index in [0.29, 0.717) is 17.9 Å². The molecule has 20 heavy (non-hydrogen) atoms. The zero-order valence-corrected chi connectivity index (χ0v) is 13.3. The minimum Gasteiger partial charge on any atom is -0.497 e. The van der Waals surface area contributed by atoms with Crippen LogP contribution in [0.25, 0.3) is 0 Å². The van der Waals surface area contributed by atoms with Gasteiger partial charge in [0.1, 0.15) is 21.3 Å². The lowest BCUT2D eigenvalue weighted by Crippen LogP contribution is -2.24. The zero-order valence-electron chi connectivity index (χ0n) is 12.5. The molecular formula is C14H23NO4S. The van der Waals surface area contributed by atoms with Crippen LogP contribution in [0.5, 0.6) is 11.5 Å². The molecule has 1 aromatic rings. The molecular weight excluding hydrogens is 278 g/mol. The van der Waals surface area contributed by atoms with Gasteiger partial charge in [0.2, 0.25) is 0 Å². The van der Waals surface area contributed by atoms with E-state index in [1.807, 2.05) is 19.1 Å². The number of hydrogen-bond donors (Lipinski definition) is 1. The van der Waals surface area contributed by atoms with Crippen LogP contribution in [0.1, 0.15) is 24.9 Å². The van der Waals surface area contributed by atoms with Crippen LogP contribution in [0.2, 0.25) is 0 Å². The Labute approximate surface area is 121 Å². The van der Waals surface area contributed by atoms with Gasteiger partial charge in [-0.3, -0.25) is 0 Å². The summed E-state index contributed by atoms with van der Waals surface area (Å²) in [4.78, 5) is 0. The maximum atomic E-state index is 11.3. The summed E-state index contributed by atoms with van der Waals surface area (Å²) in [6.07, 6.45) is 1.76. The molecule has 0 bridgehead atoms. The van der Waals surface area contributed by atoms with Crippen molar-refractivity contribution in [1.29, 1.82) is 0 Å². The van der Waals surface area contributed by atoms with Crippen molar-refractivity contribution in [2.24, 2.45) is 0 Å². The van der Waals surface area contributed by atoms with E-state index in [1.54, 1.807) is 20.3 Å². The summed E-state index contributed by atoms with van der Waals surface area (Å²) >= 11 is 0. The van der Waals surface area contributed by atoms with Crippen molar-refractivity contribution >= 4 is 9.84 Å². The van der Waals surface area contributed by atoms with Gasteiger partial charge in [-0.25, -0.2) is 8.42 Å². The molecule has 114 valence electrons. The molecule has 0 fully saturated rings. The van der Waals surface area contributed by atoms with E-state index in [9.17, 15) is 8.42 Å². The molecule has 1 aromatic carbocycles. The molecule has 6 heteroatoms. The molecule has 0 aliphatic heterocycles. The maximum Gasteiger partial charge on any atom is 0.147 e. The predicted molar refractivity (Wildman–Crippen MR) is 80.3 cm³/mol. The highest BCUT2D eigenvalue weighted by molar-refractivity contribution is 7.90. The number of methoxy groups -OCH3 is 2. The first-order valence-corrected chi connectivity index (χ1v) is 8.60. The number of hydrogen-bond acceptors (Lipinski definition) is 5. The first-order valence-electron chi connectivity index (χ1n) is 6.54. The summed E-state index contributed by atoms with van der Waals surface area (Å²) < 4.78 is 33.2. The molecule has 0 aliphatic carbocycles. The molecule has 0 saturated heterocycles. The number of nitrogens with one attached hydrogen (secondary N) is 1. The average molecular weight is 301 g/mol. The fraction of sp³-hybridized carbons (Fsp3) is 0.571. The summed E-state index contributed by atoms with van der Waals surface area (Å²) in [6, 6.07) is 5.51. The lowest BCUT2D eigenvalue weighted by Gasteiger charge is -2.21. The van der Waals surface area contributed by atoms with Gasteiger partial charge in [0.15, 0.2) is 0 Å². The van der Waals surface area contributed by atoms with Crippen LogP contribution < -0.4 is 14.8 Å². The van der Waals surface area contributed by atoms with E-state index in [1.165, 1.54) is 6.26 Å². The second-order valence-corrected chi connectivity index (χ2v) is 6.90. The van der Waals surface area contributed by atoms with E-state index in [2.05, 4.69) is 5.32 Å². The highest BCUT2D eigenvalue weighted by Gasteiger charge is 2.18. The monoisotopic (exact) mass is 301 g/mol. The molecule has 0 amide bonds. The number of ether oxygens (including phenoxy) is 2. The van der Waals surface area contributed by atoms with Gasteiger partial charge in [0.25, 0.3) is 0 Å². The standard InChI is InChI=1S/C14H23NO4S/c1-5-15-13(8-9-20(4,16)17)12-7-6-11(18-2)10-14(12)19-3/h6-7,10,13,15H,5,8-9H2,1-4H3. The van der Waals surface area contributed by atoms with Crippen molar-refractivity contribution in [3.8, 4) is 11.5 Å². The average Bonchev–Trinajstić information content (AvgIpc) is 2.41. The minimum atomic E-state index is -2.98. The Morgan fingerprint density at radius 1 is 1.25 bits per heavy atom. The van der Waals surface area contributed by atoms with Gasteiger partial charge in [-0.2, -0.15) is 0 Å². The van der Waals surface area contributed by atoms with Gasteiger partial charge >= 0.3 is 0 Å². The van der Waals surface area contributed by atoms with Crippen molar-refractivity contribution in [2.45, 2.75) is 19.4 Å². The Morgan fingerprint density at radius 2 is 1.95 bits per heavy atom. The topological polar surface area (TPSA) is 64.6 Å². The van der Waals surface area contributed by atoms with Crippen molar-refractivity contribution in [3.05, 3.63) is 23.8 Å². The third-order valence-electron chi connectivity index (χ3n) is 3.04. The van der Waals surface area contributed by atoms with Crippen molar-refractivity contribution in [1.82, 2.24) is 5.32 Å². The third-order valence-corrected chi connectivity index (χ3v) is 4.02. The third kappa shape index (κ3) is 5.02. The molecule has 1 unspecified atom stereocenters. The summed E-state index contributed by atoms with van der Waals surface area (Å²) in [5.41, 5.74) is 0.943. The van der Waals surface area contributed by atoms with Crippen LogP contribution in [0, 0.1) is 0 Å². The van der Waals surface area contributed by atoms with Crippen LogP contribution in [-0.4, -0.2) is 41.2 Å². The maximum absolute atomic E-state index is 11.3. The Balaban J connectivity index is 3.01. The van der Waals surface area contributed by atoms with E-state index in [-0.39, 0.29) is 11.8 Å². The molecule has 5 nitrogen and oxygen atoms in total. The van der Waals surface area contributed by atoms with E-state index < -0.39 is 9.84 Å². The largest absolute Gasteiger partial charge is 0.497 e. The molecule has 0 radical (unpaired) electrons. The summed E-state index contributed by atoms with van der Waals surface area (Å²) in [6.45, 7) is 2.74. The van der Waals surface area contributed by atoms with Gasteiger partial charge in [-0.15, -0.1) is 0 Å². The molecule has 1 rings (SSSR count). The van der Waals surface area contributed by atoms with Crippen LogP contribution >= 0.6 is 0 Å². The first-order chi connectivity index (χ1) is 9.41. The number of sulfone groups is 1. The quantitative estimate of drug-likeness (QED) is 0.793. The van der Waals surface area contributed by atoms with Crippen molar-refractivity contribution < 1.29 is 17.9 Å². The summed E-state index contributed by atoms with van der Waals surface area (Å²) in [5.74, 6) is 1.55. The molecule has 1 atom stereocenters. The lowest BCUT2D eigenvalue weighted by atomic mass is 10.0. The second kappa shape index (κ2) is 7.50. The Hall–Kier alpha value is -1.27. The van der Waals surface area contributed by atoms with Crippen LogP contribution in [0.3, 0.4) is 0 Å². The highest BCUT2D eigenvalue weighted by atomic mass is 32.2. The smallest absolute Gasteiger partial charge is 0.147 e. The van der Waals surface area contributed by atoms with E-state index in [0.717, 1.165) is 12.1 Å². The van der Waals surface area contributed by atoms with Gasteiger partial charge in [0.05, 0.1) is 20.0 Å².